The van der Waals surface area contributed by atoms with Gasteiger partial charge in [0.15, 0.2) is 0 Å². The van der Waals surface area contributed by atoms with E-state index in [4.69, 9.17) is 0 Å². The normalized spacial score (nSPS) is 12.4. The number of carbonyl (C=O) groups is 2. The van der Waals surface area contributed by atoms with Crippen LogP contribution in [0.25, 0.3) is 0 Å². The Bertz CT molecular complexity index is 801. The molecule has 0 heterocycles. The lowest BCUT2D eigenvalue weighted by atomic mass is 9.79. The molecule has 0 fully saturated rings. The van der Waals surface area contributed by atoms with Crippen molar-refractivity contribution in [2.75, 3.05) is 5.32 Å². The van der Waals surface area contributed by atoms with E-state index in [1.54, 1.807) is 24.3 Å². The van der Waals surface area contributed by atoms with Gasteiger partial charge in [-0.3, -0.25) is 4.79 Å². The van der Waals surface area contributed by atoms with E-state index in [0.29, 0.717) is 11.3 Å². The molecular weight excluding hydrogens is 350 g/mol. The fraction of sp³-hybridized carbons (Fsp3) is 0.391. The van der Waals surface area contributed by atoms with Crippen molar-refractivity contribution in [1.82, 2.24) is 10.6 Å². The Hall–Kier alpha value is -2.82. The minimum atomic E-state index is -0.287. The largest absolute Gasteiger partial charge is 0.350 e. The summed E-state index contributed by atoms with van der Waals surface area (Å²) in [5.74, 6) is -0.149. The SMILES string of the molecule is CC(C)NC(=O)Nc1cccc(C(=O)NC(C)CC(C)(C)c2ccccc2)c1. The van der Waals surface area contributed by atoms with E-state index in [1.807, 2.05) is 39.0 Å². The molecule has 1 atom stereocenters. The molecule has 3 amide bonds. The van der Waals surface area contributed by atoms with Gasteiger partial charge in [-0.15, -0.1) is 0 Å². The predicted molar refractivity (Wildman–Crippen MR) is 115 cm³/mol. The lowest BCUT2D eigenvalue weighted by Gasteiger charge is -2.29. The summed E-state index contributed by atoms with van der Waals surface area (Å²) in [7, 11) is 0. The molecule has 0 saturated carbocycles. The molecule has 5 heteroatoms. The minimum absolute atomic E-state index is 0.00330. The first-order valence-electron chi connectivity index (χ1n) is 9.71. The highest BCUT2D eigenvalue weighted by atomic mass is 16.2. The van der Waals surface area contributed by atoms with E-state index in [0.717, 1.165) is 6.42 Å². The van der Waals surface area contributed by atoms with Crippen LogP contribution in [-0.4, -0.2) is 24.0 Å². The average Bonchev–Trinajstić information content (AvgIpc) is 2.61. The van der Waals surface area contributed by atoms with Crippen molar-refractivity contribution < 1.29 is 9.59 Å². The number of hydrogen-bond donors (Lipinski definition) is 3. The zero-order valence-electron chi connectivity index (χ0n) is 17.4. The van der Waals surface area contributed by atoms with Crippen LogP contribution in [0.1, 0.15) is 57.0 Å². The van der Waals surface area contributed by atoms with Crippen molar-refractivity contribution in [1.29, 1.82) is 0 Å². The van der Waals surface area contributed by atoms with E-state index in [1.165, 1.54) is 5.56 Å². The molecule has 0 aliphatic rings. The molecule has 0 aromatic heterocycles. The van der Waals surface area contributed by atoms with Crippen molar-refractivity contribution in [3.63, 3.8) is 0 Å². The van der Waals surface area contributed by atoms with Gasteiger partial charge in [0.05, 0.1) is 0 Å². The molecule has 0 spiro atoms. The van der Waals surface area contributed by atoms with Crippen LogP contribution in [0.3, 0.4) is 0 Å². The lowest BCUT2D eigenvalue weighted by molar-refractivity contribution is 0.0934. The topological polar surface area (TPSA) is 70.2 Å². The predicted octanol–water partition coefficient (Wildman–Crippen LogP) is 4.70. The zero-order chi connectivity index (χ0) is 20.7. The maximum atomic E-state index is 12.7. The molecule has 0 radical (unpaired) electrons. The first kappa shape index (κ1) is 21.5. The summed E-state index contributed by atoms with van der Waals surface area (Å²) in [6.07, 6.45) is 0.817. The van der Waals surface area contributed by atoms with E-state index >= 15 is 0 Å². The zero-order valence-corrected chi connectivity index (χ0v) is 17.4. The molecule has 2 aromatic rings. The molecule has 0 aliphatic heterocycles. The minimum Gasteiger partial charge on any atom is -0.350 e. The lowest BCUT2D eigenvalue weighted by Crippen LogP contribution is -2.37. The van der Waals surface area contributed by atoms with Gasteiger partial charge in [-0.25, -0.2) is 4.79 Å². The summed E-state index contributed by atoms with van der Waals surface area (Å²) in [6.45, 7) is 10.2. The number of nitrogens with one attached hydrogen (secondary N) is 3. The Morgan fingerprint density at radius 2 is 1.61 bits per heavy atom. The monoisotopic (exact) mass is 381 g/mol. The number of benzene rings is 2. The molecule has 2 rings (SSSR count). The van der Waals surface area contributed by atoms with Crippen molar-refractivity contribution in [2.45, 2.75) is 58.5 Å². The van der Waals surface area contributed by atoms with Gasteiger partial charge < -0.3 is 16.0 Å². The molecule has 5 nitrogen and oxygen atoms in total. The summed E-state index contributed by atoms with van der Waals surface area (Å²) in [5, 5.41) is 8.58. The number of rotatable bonds is 7. The van der Waals surface area contributed by atoms with E-state index < -0.39 is 0 Å². The van der Waals surface area contributed by atoms with Gasteiger partial charge >= 0.3 is 6.03 Å². The summed E-state index contributed by atoms with van der Waals surface area (Å²) in [5.41, 5.74) is 2.31. The van der Waals surface area contributed by atoms with Crippen molar-refractivity contribution in [3.05, 3.63) is 65.7 Å². The van der Waals surface area contributed by atoms with Crippen LogP contribution in [0, 0.1) is 0 Å². The number of hydrogen-bond acceptors (Lipinski definition) is 2. The molecule has 0 aliphatic carbocycles. The number of carbonyl (C=O) groups excluding carboxylic acids is 2. The van der Waals surface area contributed by atoms with Crippen LogP contribution >= 0.6 is 0 Å². The van der Waals surface area contributed by atoms with E-state index in [-0.39, 0.29) is 29.4 Å². The highest BCUT2D eigenvalue weighted by Gasteiger charge is 2.24. The van der Waals surface area contributed by atoms with Crippen LogP contribution < -0.4 is 16.0 Å². The van der Waals surface area contributed by atoms with Gasteiger partial charge in [-0.05, 0) is 56.4 Å². The van der Waals surface area contributed by atoms with Crippen molar-refractivity contribution in [2.24, 2.45) is 0 Å². The number of anilines is 1. The molecule has 1 unspecified atom stereocenters. The second-order valence-corrected chi connectivity index (χ2v) is 8.16. The Kier molecular flexibility index (Phi) is 7.21. The Labute approximate surface area is 167 Å². The van der Waals surface area contributed by atoms with Crippen LogP contribution in [0.2, 0.25) is 0 Å². The Morgan fingerprint density at radius 1 is 0.929 bits per heavy atom. The summed E-state index contributed by atoms with van der Waals surface area (Å²) in [6, 6.07) is 17.0. The molecule has 0 bridgehead atoms. The summed E-state index contributed by atoms with van der Waals surface area (Å²) in [4.78, 5) is 24.5. The van der Waals surface area contributed by atoms with Gasteiger partial charge in [0.2, 0.25) is 0 Å². The van der Waals surface area contributed by atoms with Crippen molar-refractivity contribution >= 4 is 17.6 Å². The third-order valence-corrected chi connectivity index (χ3v) is 4.55. The molecule has 0 saturated heterocycles. The third-order valence-electron chi connectivity index (χ3n) is 4.55. The molecule has 2 aromatic carbocycles. The summed E-state index contributed by atoms with van der Waals surface area (Å²) >= 11 is 0. The van der Waals surface area contributed by atoms with Gasteiger partial charge in [-0.2, -0.15) is 0 Å². The molecule has 3 N–H and O–H groups in total. The molecular formula is C23H31N3O2. The second-order valence-electron chi connectivity index (χ2n) is 8.16. The van der Waals surface area contributed by atoms with E-state index in [9.17, 15) is 9.59 Å². The van der Waals surface area contributed by atoms with Crippen LogP contribution in [0.4, 0.5) is 10.5 Å². The maximum Gasteiger partial charge on any atom is 0.319 e. The number of amides is 3. The number of urea groups is 1. The van der Waals surface area contributed by atoms with Crippen LogP contribution in [-0.2, 0) is 5.41 Å². The smallest absolute Gasteiger partial charge is 0.319 e. The third kappa shape index (κ3) is 6.41. The maximum absolute atomic E-state index is 12.7. The second kappa shape index (κ2) is 9.40. The molecule has 28 heavy (non-hydrogen) atoms. The fourth-order valence-corrected chi connectivity index (χ4v) is 3.30. The van der Waals surface area contributed by atoms with E-state index in [2.05, 4.69) is 41.9 Å². The standard InChI is InChI=1S/C23H31N3O2/c1-16(2)24-22(28)26-20-13-9-10-18(14-20)21(27)25-17(3)15-23(4,5)19-11-7-6-8-12-19/h6-14,16-17H,15H2,1-5H3,(H,25,27)(H2,24,26,28). The Balaban J connectivity index is 1.98. The van der Waals surface area contributed by atoms with Crippen LogP contribution in [0.5, 0.6) is 0 Å². The highest BCUT2D eigenvalue weighted by Crippen LogP contribution is 2.28. The quantitative estimate of drug-likeness (QED) is 0.650. The fourth-order valence-electron chi connectivity index (χ4n) is 3.30. The summed E-state index contributed by atoms with van der Waals surface area (Å²) < 4.78 is 0. The van der Waals surface area contributed by atoms with Gasteiger partial charge in [0.1, 0.15) is 0 Å². The van der Waals surface area contributed by atoms with Gasteiger partial charge in [0, 0.05) is 23.3 Å². The first-order chi connectivity index (χ1) is 13.2. The first-order valence-corrected chi connectivity index (χ1v) is 9.71. The molecule has 150 valence electrons. The van der Waals surface area contributed by atoms with Crippen LogP contribution in [0.15, 0.2) is 54.6 Å². The Morgan fingerprint density at radius 3 is 2.25 bits per heavy atom. The van der Waals surface area contributed by atoms with Gasteiger partial charge in [0.25, 0.3) is 5.91 Å². The highest BCUT2D eigenvalue weighted by molar-refractivity contribution is 5.97. The average molecular weight is 382 g/mol. The van der Waals surface area contributed by atoms with Gasteiger partial charge in [-0.1, -0.05) is 50.2 Å². The van der Waals surface area contributed by atoms with Crippen molar-refractivity contribution in [3.8, 4) is 0 Å².